The summed E-state index contributed by atoms with van der Waals surface area (Å²) < 4.78 is 5.57. The molecule has 1 rings (SSSR count). The molecule has 0 bridgehead atoms. The Labute approximate surface area is 128 Å². The number of hydrogen-bond donors (Lipinski definition) is 1. The molecule has 4 nitrogen and oxygen atoms in total. The Balaban J connectivity index is 2.16. The van der Waals surface area contributed by atoms with Crippen LogP contribution in [-0.4, -0.2) is 61.8 Å². The van der Waals surface area contributed by atoms with Crippen LogP contribution in [-0.2, 0) is 4.74 Å². The van der Waals surface area contributed by atoms with Crippen LogP contribution in [0.3, 0.4) is 0 Å². The SMILES string of the molecule is CCCCOCCCNC(=NC)N1CCSC(CC)C1. The molecule has 5 heteroatoms. The molecule has 118 valence electrons. The van der Waals surface area contributed by atoms with Gasteiger partial charge in [0.25, 0.3) is 0 Å². The van der Waals surface area contributed by atoms with Crippen LogP contribution in [0.2, 0.25) is 0 Å². The summed E-state index contributed by atoms with van der Waals surface area (Å²) in [6.07, 6.45) is 4.65. The molecule has 0 aromatic heterocycles. The second-order valence-electron chi connectivity index (χ2n) is 5.14. The van der Waals surface area contributed by atoms with Crippen molar-refractivity contribution in [1.82, 2.24) is 10.2 Å². The van der Waals surface area contributed by atoms with E-state index in [1.54, 1.807) is 0 Å². The quantitative estimate of drug-likeness (QED) is 0.425. The summed E-state index contributed by atoms with van der Waals surface area (Å²) >= 11 is 2.09. The number of rotatable bonds is 8. The van der Waals surface area contributed by atoms with E-state index in [-0.39, 0.29) is 0 Å². The van der Waals surface area contributed by atoms with Crippen molar-refractivity contribution < 1.29 is 4.74 Å². The average Bonchev–Trinajstić information content (AvgIpc) is 2.50. The minimum absolute atomic E-state index is 0.750. The number of unbranched alkanes of at least 4 members (excludes halogenated alkanes) is 1. The summed E-state index contributed by atoms with van der Waals surface area (Å²) in [5.41, 5.74) is 0. The first-order valence-electron chi connectivity index (χ1n) is 7.96. The van der Waals surface area contributed by atoms with E-state index < -0.39 is 0 Å². The van der Waals surface area contributed by atoms with Crippen molar-refractivity contribution >= 4 is 17.7 Å². The van der Waals surface area contributed by atoms with Crippen molar-refractivity contribution in [1.29, 1.82) is 0 Å². The number of thioether (sulfide) groups is 1. The van der Waals surface area contributed by atoms with E-state index in [4.69, 9.17) is 4.74 Å². The Hall–Kier alpha value is -0.420. The summed E-state index contributed by atoms with van der Waals surface area (Å²) in [5, 5.41) is 4.21. The molecule has 0 spiro atoms. The van der Waals surface area contributed by atoms with Crippen LogP contribution >= 0.6 is 11.8 Å². The summed E-state index contributed by atoms with van der Waals surface area (Å²) in [6, 6.07) is 0. The van der Waals surface area contributed by atoms with Gasteiger partial charge in [-0.05, 0) is 19.3 Å². The lowest BCUT2D eigenvalue weighted by Gasteiger charge is -2.34. The van der Waals surface area contributed by atoms with Gasteiger partial charge in [-0.15, -0.1) is 0 Å². The van der Waals surface area contributed by atoms with Gasteiger partial charge in [0.05, 0.1) is 0 Å². The first kappa shape index (κ1) is 17.6. The fourth-order valence-corrected chi connectivity index (χ4v) is 3.39. The van der Waals surface area contributed by atoms with Gasteiger partial charge < -0.3 is 15.0 Å². The molecule has 0 saturated carbocycles. The molecule has 1 aliphatic heterocycles. The normalized spacial score (nSPS) is 20.2. The third-order valence-corrected chi connectivity index (χ3v) is 4.87. The van der Waals surface area contributed by atoms with Gasteiger partial charge in [-0.25, -0.2) is 0 Å². The van der Waals surface area contributed by atoms with Crippen molar-refractivity contribution in [3.63, 3.8) is 0 Å². The van der Waals surface area contributed by atoms with Crippen LogP contribution in [0.1, 0.15) is 39.5 Å². The van der Waals surface area contributed by atoms with Crippen molar-refractivity contribution in [2.24, 2.45) is 4.99 Å². The van der Waals surface area contributed by atoms with Gasteiger partial charge in [0.1, 0.15) is 0 Å². The van der Waals surface area contributed by atoms with Crippen LogP contribution in [0.15, 0.2) is 4.99 Å². The van der Waals surface area contributed by atoms with E-state index in [0.717, 1.165) is 50.5 Å². The highest BCUT2D eigenvalue weighted by Gasteiger charge is 2.21. The number of aliphatic imine (C=N–C) groups is 1. The standard InChI is InChI=1S/C15H31N3OS/c1-4-6-10-19-11-7-8-17-15(16-3)18-9-12-20-14(5-2)13-18/h14H,4-13H2,1-3H3,(H,16,17). The van der Waals surface area contributed by atoms with E-state index in [0.29, 0.717) is 0 Å². The summed E-state index contributed by atoms with van der Waals surface area (Å²) in [6.45, 7) is 9.37. The largest absolute Gasteiger partial charge is 0.381 e. The maximum absolute atomic E-state index is 5.57. The fourth-order valence-electron chi connectivity index (χ4n) is 2.21. The molecule has 1 atom stereocenters. The minimum Gasteiger partial charge on any atom is -0.381 e. The molecule has 0 aliphatic carbocycles. The van der Waals surface area contributed by atoms with E-state index in [9.17, 15) is 0 Å². The Morgan fingerprint density at radius 1 is 1.35 bits per heavy atom. The predicted octanol–water partition coefficient (Wildman–Crippen LogP) is 2.60. The molecule has 1 saturated heterocycles. The van der Waals surface area contributed by atoms with Crippen LogP contribution in [0.5, 0.6) is 0 Å². The monoisotopic (exact) mass is 301 g/mol. The Morgan fingerprint density at radius 3 is 2.85 bits per heavy atom. The third kappa shape index (κ3) is 6.84. The number of guanidine groups is 1. The Kier molecular flexibility index (Phi) is 9.93. The summed E-state index contributed by atoms with van der Waals surface area (Å²) in [4.78, 5) is 6.80. The molecule has 0 aromatic rings. The molecule has 1 fully saturated rings. The van der Waals surface area contributed by atoms with Gasteiger partial charge in [0.15, 0.2) is 5.96 Å². The zero-order valence-corrected chi connectivity index (χ0v) is 14.2. The average molecular weight is 302 g/mol. The maximum Gasteiger partial charge on any atom is 0.193 e. The first-order valence-corrected chi connectivity index (χ1v) is 9.01. The molecule has 0 radical (unpaired) electrons. The summed E-state index contributed by atoms with van der Waals surface area (Å²) in [7, 11) is 1.88. The van der Waals surface area contributed by atoms with Crippen molar-refractivity contribution in [3.05, 3.63) is 0 Å². The second-order valence-corrected chi connectivity index (χ2v) is 6.55. The number of hydrogen-bond acceptors (Lipinski definition) is 3. The molecule has 0 amide bonds. The fraction of sp³-hybridized carbons (Fsp3) is 0.933. The van der Waals surface area contributed by atoms with Crippen LogP contribution in [0.25, 0.3) is 0 Å². The second kappa shape index (κ2) is 11.3. The first-order chi connectivity index (χ1) is 9.81. The summed E-state index contributed by atoms with van der Waals surface area (Å²) in [5.74, 6) is 2.26. The van der Waals surface area contributed by atoms with Crippen LogP contribution in [0, 0.1) is 0 Å². The Bertz CT molecular complexity index is 274. The van der Waals surface area contributed by atoms with Gasteiger partial charge in [0.2, 0.25) is 0 Å². The predicted molar refractivity (Wildman–Crippen MR) is 89.8 cm³/mol. The highest BCUT2D eigenvalue weighted by molar-refractivity contribution is 8.00. The smallest absolute Gasteiger partial charge is 0.193 e. The lowest BCUT2D eigenvalue weighted by Crippen LogP contribution is -2.48. The van der Waals surface area contributed by atoms with Crippen LogP contribution in [0.4, 0.5) is 0 Å². The van der Waals surface area contributed by atoms with Gasteiger partial charge in [-0.1, -0.05) is 20.3 Å². The molecular formula is C15H31N3OS. The van der Waals surface area contributed by atoms with Gasteiger partial charge in [-0.3, -0.25) is 4.99 Å². The zero-order valence-electron chi connectivity index (χ0n) is 13.4. The number of ether oxygens (including phenoxy) is 1. The van der Waals surface area contributed by atoms with E-state index in [2.05, 4.69) is 40.8 Å². The molecule has 0 aromatic carbocycles. The lowest BCUT2D eigenvalue weighted by atomic mass is 10.3. The number of nitrogens with zero attached hydrogens (tertiary/aromatic N) is 2. The molecule has 1 N–H and O–H groups in total. The van der Waals surface area contributed by atoms with E-state index in [1.165, 1.54) is 25.0 Å². The minimum atomic E-state index is 0.750. The molecule has 1 unspecified atom stereocenters. The van der Waals surface area contributed by atoms with Crippen molar-refractivity contribution in [3.8, 4) is 0 Å². The van der Waals surface area contributed by atoms with Crippen molar-refractivity contribution in [2.75, 3.05) is 45.6 Å². The van der Waals surface area contributed by atoms with Gasteiger partial charge >= 0.3 is 0 Å². The molecule has 1 aliphatic rings. The highest BCUT2D eigenvalue weighted by Crippen LogP contribution is 2.20. The van der Waals surface area contributed by atoms with E-state index >= 15 is 0 Å². The highest BCUT2D eigenvalue weighted by atomic mass is 32.2. The molecule has 1 heterocycles. The van der Waals surface area contributed by atoms with E-state index in [1.807, 2.05) is 7.05 Å². The zero-order chi connectivity index (χ0) is 14.6. The molecule has 20 heavy (non-hydrogen) atoms. The van der Waals surface area contributed by atoms with Gasteiger partial charge in [0, 0.05) is 50.9 Å². The Morgan fingerprint density at radius 2 is 2.15 bits per heavy atom. The third-order valence-electron chi connectivity index (χ3n) is 3.50. The molecular weight excluding hydrogens is 270 g/mol. The van der Waals surface area contributed by atoms with Gasteiger partial charge in [-0.2, -0.15) is 11.8 Å². The topological polar surface area (TPSA) is 36.9 Å². The lowest BCUT2D eigenvalue weighted by molar-refractivity contribution is 0.129. The number of nitrogens with one attached hydrogen (secondary N) is 1. The maximum atomic E-state index is 5.57. The van der Waals surface area contributed by atoms with Crippen molar-refractivity contribution in [2.45, 2.75) is 44.8 Å². The van der Waals surface area contributed by atoms with Crippen LogP contribution < -0.4 is 5.32 Å².